The predicted octanol–water partition coefficient (Wildman–Crippen LogP) is 3.99. The van der Waals surface area contributed by atoms with Crippen molar-refractivity contribution in [3.8, 4) is 0 Å². The van der Waals surface area contributed by atoms with E-state index in [1.54, 1.807) is 13.8 Å². The maximum atomic E-state index is 14.2. The first-order chi connectivity index (χ1) is 16.1. The van der Waals surface area contributed by atoms with E-state index in [9.17, 15) is 13.9 Å². The monoisotopic (exact) mass is 478 g/mol. The molecule has 0 aliphatic carbocycles. The van der Waals surface area contributed by atoms with Crippen LogP contribution in [0.1, 0.15) is 47.0 Å². The van der Waals surface area contributed by atoms with Crippen molar-refractivity contribution in [1.82, 2.24) is 9.97 Å². The summed E-state index contributed by atoms with van der Waals surface area (Å²) in [6, 6.07) is 3.77. The van der Waals surface area contributed by atoms with E-state index < -0.39 is 17.2 Å². The number of ether oxygens (including phenoxy) is 1. The first kappa shape index (κ1) is 25.9. The molecule has 1 saturated heterocycles. The topological polar surface area (TPSA) is 109 Å². The Kier molecular flexibility index (Phi) is 8.48. The average molecular weight is 479 g/mol. The van der Waals surface area contributed by atoms with E-state index in [1.807, 2.05) is 18.7 Å². The van der Waals surface area contributed by atoms with Crippen LogP contribution in [0.4, 0.5) is 31.9 Å². The third kappa shape index (κ3) is 6.66. The molecule has 0 radical (unpaired) electrons. The van der Waals surface area contributed by atoms with Crippen molar-refractivity contribution in [2.75, 3.05) is 41.1 Å². The molecule has 0 spiro atoms. The number of nitrogen functional groups attached to an aromatic ring is 1. The third-order valence-corrected chi connectivity index (χ3v) is 6.38. The summed E-state index contributed by atoms with van der Waals surface area (Å²) in [5.41, 5.74) is 5.64. The van der Waals surface area contributed by atoms with Crippen molar-refractivity contribution in [2.24, 2.45) is 5.92 Å². The average Bonchev–Trinajstić information content (AvgIpc) is 2.77. The number of hydrogen-bond acceptors (Lipinski definition) is 8. The van der Waals surface area contributed by atoms with E-state index in [-0.39, 0.29) is 30.4 Å². The molecule has 1 aromatic carbocycles. The Labute approximate surface area is 199 Å². The highest BCUT2D eigenvalue weighted by Gasteiger charge is 2.27. The highest BCUT2D eigenvalue weighted by molar-refractivity contribution is 5.64. The fourth-order valence-corrected chi connectivity index (χ4v) is 3.98. The number of nitrogens with zero attached hydrogens (tertiary/aromatic N) is 3. The number of hydrogen-bond donors (Lipinski definition) is 4. The van der Waals surface area contributed by atoms with Crippen LogP contribution >= 0.6 is 0 Å². The minimum absolute atomic E-state index is 0.0000607. The molecule has 34 heavy (non-hydrogen) atoms. The van der Waals surface area contributed by atoms with Crippen LogP contribution in [0, 0.1) is 17.6 Å². The van der Waals surface area contributed by atoms with Crippen molar-refractivity contribution in [3.63, 3.8) is 0 Å². The number of aromatic nitrogens is 2. The van der Waals surface area contributed by atoms with Crippen molar-refractivity contribution in [2.45, 2.75) is 64.6 Å². The molecule has 5 N–H and O–H groups in total. The minimum Gasteiger partial charge on any atom is -0.394 e. The van der Waals surface area contributed by atoms with E-state index in [0.717, 1.165) is 12.8 Å². The van der Waals surface area contributed by atoms with Gasteiger partial charge >= 0.3 is 0 Å². The van der Waals surface area contributed by atoms with Gasteiger partial charge in [-0.15, -0.1) is 0 Å². The number of nitrogens with two attached hydrogens (primary N) is 1. The Morgan fingerprint density at radius 3 is 2.50 bits per heavy atom. The lowest BCUT2D eigenvalue weighted by Crippen LogP contribution is -2.43. The van der Waals surface area contributed by atoms with E-state index in [4.69, 9.17) is 10.5 Å². The summed E-state index contributed by atoms with van der Waals surface area (Å²) < 4.78 is 33.9. The van der Waals surface area contributed by atoms with Gasteiger partial charge in [0.15, 0.2) is 5.82 Å². The van der Waals surface area contributed by atoms with Gasteiger partial charge in [-0.25, -0.2) is 13.8 Å². The van der Waals surface area contributed by atoms with Crippen molar-refractivity contribution in [3.05, 3.63) is 36.0 Å². The third-order valence-electron chi connectivity index (χ3n) is 6.38. The summed E-state index contributed by atoms with van der Waals surface area (Å²) in [6.07, 6.45) is 3.71. The number of halogens is 2. The molecular formula is C24H36F2N6O2. The van der Waals surface area contributed by atoms with Gasteiger partial charge in [0.05, 0.1) is 24.2 Å². The fourth-order valence-electron chi connectivity index (χ4n) is 3.98. The second-order valence-electron chi connectivity index (χ2n) is 9.55. The fraction of sp³-hybridized carbons (Fsp3) is 0.583. The lowest BCUT2D eigenvalue weighted by Gasteiger charge is -2.36. The van der Waals surface area contributed by atoms with Crippen LogP contribution in [0.15, 0.2) is 24.4 Å². The lowest BCUT2D eigenvalue weighted by molar-refractivity contribution is 0.0199. The molecule has 188 valence electrons. The summed E-state index contributed by atoms with van der Waals surface area (Å²) >= 11 is 0. The number of para-hydroxylation sites is 1. The standard InChI is InChI=1S/C24H36F2N6O2/c1-15(24(3,4)33)12-16(2)30-23-28-13-20(27)22(31-23)32(17-8-10-34-11-9-17)14-29-21-18(25)6-5-7-19(21)26/h5-7,13,15-17,29,33H,8-12,14,27H2,1-4H3,(H,28,30,31). The lowest BCUT2D eigenvalue weighted by atomic mass is 9.88. The molecule has 10 heteroatoms. The normalized spacial score (nSPS) is 16.7. The van der Waals surface area contributed by atoms with Gasteiger partial charge in [-0.05, 0) is 58.1 Å². The molecule has 0 amide bonds. The van der Waals surface area contributed by atoms with Gasteiger partial charge in [0.1, 0.15) is 17.3 Å². The Bertz CT molecular complexity index is 929. The number of aliphatic hydroxyl groups is 1. The molecule has 1 fully saturated rings. The zero-order chi connectivity index (χ0) is 24.9. The summed E-state index contributed by atoms with van der Waals surface area (Å²) in [6.45, 7) is 8.84. The highest BCUT2D eigenvalue weighted by Crippen LogP contribution is 2.29. The van der Waals surface area contributed by atoms with Crippen LogP contribution < -0.4 is 21.3 Å². The largest absolute Gasteiger partial charge is 0.394 e. The number of anilines is 4. The molecule has 0 bridgehead atoms. The van der Waals surface area contributed by atoms with Gasteiger partial charge in [-0.3, -0.25) is 0 Å². The molecule has 2 heterocycles. The van der Waals surface area contributed by atoms with Gasteiger partial charge < -0.3 is 31.1 Å². The summed E-state index contributed by atoms with van der Waals surface area (Å²) in [5, 5.41) is 16.4. The molecule has 2 atom stereocenters. The number of rotatable bonds is 10. The molecule has 1 aliphatic rings. The molecule has 1 aliphatic heterocycles. The maximum Gasteiger partial charge on any atom is 0.224 e. The summed E-state index contributed by atoms with van der Waals surface area (Å²) in [4.78, 5) is 10.9. The zero-order valence-electron chi connectivity index (χ0n) is 20.3. The number of nitrogens with one attached hydrogen (secondary N) is 2. The summed E-state index contributed by atoms with van der Waals surface area (Å²) in [5.74, 6) is -0.397. The van der Waals surface area contributed by atoms with Crippen molar-refractivity contribution >= 4 is 23.1 Å². The maximum absolute atomic E-state index is 14.2. The molecule has 2 unspecified atom stereocenters. The zero-order valence-corrected chi connectivity index (χ0v) is 20.3. The van der Waals surface area contributed by atoms with Crippen LogP contribution in [0.25, 0.3) is 0 Å². The van der Waals surface area contributed by atoms with Crippen molar-refractivity contribution < 1.29 is 18.6 Å². The Morgan fingerprint density at radius 2 is 1.88 bits per heavy atom. The molecule has 3 rings (SSSR count). The van der Waals surface area contributed by atoms with Gasteiger partial charge in [-0.2, -0.15) is 4.98 Å². The van der Waals surface area contributed by atoms with Crippen LogP contribution in [0.3, 0.4) is 0 Å². The van der Waals surface area contributed by atoms with Crippen LogP contribution in [0.5, 0.6) is 0 Å². The van der Waals surface area contributed by atoms with Crippen LogP contribution in [-0.2, 0) is 4.74 Å². The molecule has 0 saturated carbocycles. The van der Waals surface area contributed by atoms with Gasteiger partial charge in [-0.1, -0.05) is 13.0 Å². The van der Waals surface area contributed by atoms with E-state index in [2.05, 4.69) is 20.6 Å². The minimum atomic E-state index is -0.795. The van der Waals surface area contributed by atoms with Crippen LogP contribution in [-0.4, -0.2) is 52.6 Å². The van der Waals surface area contributed by atoms with Gasteiger partial charge in [0.2, 0.25) is 5.95 Å². The van der Waals surface area contributed by atoms with Gasteiger partial charge in [0.25, 0.3) is 0 Å². The number of benzene rings is 1. The Balaban J connectivity index is 1.82. The SMILES string of the molecule is CC(CC(C)C(C)(C)O)Nc1ncc(N)c(N(CNc2c(F)cccc2F)C2CCOCC2)n1. The quantitative estimate of drug-likeness (QED) is 0.380. The molecular weight excluding hydrogens is 442 g/mol. The first-order valence-corrected chi connectivity index (χ1v) is 11.7. The summed E-state index contributed by atoms with van der Waals surface area (Å²) in [7, 11) is 0. The first-order valence-electron chi connectivity index (χ1n) is 11.7. The molecule has 8 nitrogen and oxygen atoms in total. The van der Waals surface area contributed by atoms with E-state index in [1.165, 1.54) is 24.4 Å². The van der Waals surface area contributed by atoms with E-state index >= 15 is 0 Å². The van der Waals surface area contributed by atoms with E-state index in [0.29, 0.717) is 37.1 Å². The van der Waals surface area contributed by atoms with Gasteiger partial charge in [0, 0.05) is 25.3 Å². The second-order valence-corrected chi connectivity index (χ2v) is 9.55. The highest BCUT2D eigenvalue weighted by atomic mass is 19.1. The van der Waals surface area contributed by atoms with Crippen molar-refractivity contribution in [1.29, 1.82) is 0 Å². The Morgan fingerprint density at radius 1 is 1.24 bits per heavy atom. The predicted molar refractivity (Wildman–Crippen MR) is 131 cm³/mol. The molecule has 2 aromatic rings. The Hall–Kier alpha value is -2.72. The second kappa shape index (κ2) is 11.1. The smallest absolute Gasteiger partial charge is 0.224 e. The van der Waals surface area contributed by atoms with Crippen LogP contribution in [0.2, 0.25) is 0 Å². The molecule has 1 aromatic heterocycles.